The largest absolute Gasteiger partial charge is 0.378 e. The zero-order valence-electron chi connectivity index (χ0n) is 13.9. The maximum Gasteiger partial charge on any atom is 0.226 e. The van der Waals surface area contributed by atoms with Crippen molar-refractivity contribution in [1.82, 2.24) is 19.5 Å². The molecule has 3 heterocycles. The lowest BCUT2D eigenvalue weighted by Gasteiger charge is -2.27. The second-order valence-electron chi connectivity index (χ2n) is 5.90. The lowest BCUT2D eigenvalue weighted by atomic mass is 10.1. The molecule has 0 radical (unpaired) electrons. The van der Waals surface area contributed by atoms with E-state index in [1.54, 1.807) is 6.20 Å². The number of ether oxygens (including phenoxy) is 1. The number of imidazole rings is 1. The smallest absolute Gasteiger partial charge is 0.226 e. The van der Waals surface area contributed by atoms with Crippen LogP contribution in [0.3, 0.4) is 0 Å². The first kappa shape index (κ1) is 16.1. The number of rotatable bonds is 3. The van der Waals surface area contributed by atoms with Gasteiger partial charge in [0.2, 0.25) is 5.95 Å². The molecule has 4 rings (SSSR count). The molecule has 0 saturated carbocycles. The van der Waals surface area contributed by atoms with Crippen molar-refractivity contribution in [3.05, 3.63) is 47.9 Å². The van der Waals surface area contributed by atoms with E-state index in [0.717, 1.165) is 35.7 Å². The van der Waals surface area contributed by atoms with Crippen molar-refractivity contribution in [2.45, 2.75) is 0 Å². The molecule has 0 aliphatic carbocycles. The second-order valence-corrected chi connectivity index (χ2v) is 6.34. The number of hydrogen-bond acceptors (Lipinski definition) is 5. The molecule has 1 aromatic carbocycles. The van der Waals surface area contributed by atoms with Gasteiger partial charge in [0, 0.05) is 49.3 Å². The fourth-order valence-corrected chi connectivity index (χ4v) is 3.11. The predicted molar refractivity (Wildman–Crippen MR) is 97.7 cm³/mol. The molecule has 0 amide bonds. The minimum absolute atomic E-state index is 0.681. The van der Waals surface area contributed by atoms with Gasteiger partial charge in [-0.15, -0.1) is 0 Å². The number of benzene rings is 1. The molecule has 1 fully saturated rings. The normalized spacial score (nSPS) is 14.7. The third-order valence-electron chi connectivity index (χ3n) is 4.24. The minimum Gasteiger partial charge on any atom is -0.378 e. The van der Waals surface area contributed by atoms with Crippen molar-refractivity contribution < 1.29 is 4.74 Å². The highest BCUT2D eigenvalue weighted by Gasteiger charge is 2.19. The van der Waals surface area contributed by atoms with E-state index < -0.39 is 0 Å². The average molecular weight is 356 g/mol. The van der Waals surface area contributed by atoms with Gasteiger partial charge in [0.25, 0.3) is 0 Å². The van der Waals surface area contributed by atoms with E-state index >= 15 is 0 Å². The van der Waals surface area contributed by atoms with Gasteiger partial charge in [-0.2, -0.15) is 0 Å². The van der Waals surface area contributed by atoms with Crippen molar-refractivity contribution in [3.8, 4) is 22.6 Å². The lowest BCUT2D eigenvalue weighted by molar-refractivity contribution is 0.122. The van der Waals surface area contributed by atoms with Crippen molar-refractivity contribution in [3.63, 3.8) is 0 Å². The van der Waals surface area contributed by atoms with Gasteiger partial charge in [0.05, 0.1) is 13.2 Å². The summed E-state index contributed by atoms with van der Waals surface area (Å²) in [5.74, 6) is 1.50. The molecular weight excluding hydrogens is 338 g/mol. The molecule has 0 N–H and O–H groups in total. The standard InChI is InChI=1S/C18H18ClN5O/c1-23-6-5-20-17(23)16-15(13-3-2-4-14(19)11-13)12-21-18(22-16)24-7-9-25-10-8-24/h2-6,11-12H,7-10H2,1H3. The molecule has 0 atom stereocenters. The van der Waals surface area contributed by atoms with Crippen molar-refractivity contribution in [2.24, 2.45) is 7.05 Å². The number of halogens is 1. The molecule has 1 aliphatic heterocycles. The molecule has 1 saturated heterocycles. The summed E-state index contributed by atoms with van der Waals surface area (Å²) in [7, 11) is 1.96. The molecule has 0 unspecified atom stereocenters. The van der Waals surface area contributed by atoms with Crippen LogP contribution in [0.5, 0.6) is 0 Å². The van der Waals surface area contributed by atoms with Crippen LogP contribution < -0.4 is 4.90 Å². The van der Waals surface area contributed by atoms with Gasteiger partial charge < -0.3 is 14.2 Å². The van der Waals surface area contributed by atoms with Crippen LogP contribution in [0.25, 0.3) is 22.6 Å². The van der Waals surface area contributed by atoms with E-state index in [1.165, 1.54) is 0 Å². The Morgan fingerprint density at radius 1 is 1.16 bits per heavy atom. The molecule has 128 valence electrons. The summed E-state index contributed by atoms with van der Waals surface area (Å²) in [6, 6.07) is 7.71. The van der Waals surface area contributed by atoms with Gasteiger partial charge in [-0.05, 0) is 17.7 Å². The van der Waals surface area contributed by atoms with Crippen LogP contribution in [0.15, 0.2) is 42.9 Å². The molecule has 2 aromatic heterocycles. The first-order valence-corrected chi connectivity index (χ1v) is 8.53. The van der Waals surface area contributed by atoms with Crippen LogP contribution in [0, 0.1) is 0 Å². The number of nitrogens with zero attached hydrogens (tertiary/aromatic N) is 5. The average Bonchev–Trinajstić information content (AvgIpc) is 3.08. The summed E-state index contributed by atoms with van der Waals surface area (Å²) in [5, 5.41) is 0.681. The summed E-state index contributed by atoms with van der Waals surface area (Å²) < 4.78 is 7.38. The SMILES string of the molecule is Cn1ccnc1-c1nc(N2CCOCC2)ncc1-c1cccc(Cl)c1. The van der Waals surface area contributed by atoms with Crippen LogP contribution >= 0.6 is 11.6 Å². The van der Waals surface area contributed by atoms with Crippen LogP contribution in [-0.4, -0.2) is 45.8 Å². The fourth-order valence-electron chi connectivity index (χ4n) is 2.92. The quantitative estimate of drug-likeness (QED) is 0.722. The second kappa shape index (κ2) is 6.82. The molecule has 1 aliphatic rings. The minimum atomic E-state index is 0.681. The highest BCUT2D eigenvalue weighted by atomic mass is 35.5. The molecule has 0 spiro atoms. The van der Waals surface area contributed by atoms with E-state index in [9.17, 15) is 0 Å². The monoisotopic (exact) mass is 355 g/mol. The third kappa shape index (κ3) is 3.23. The Balaban J connectivity index is 1.84. The third-order valence-corrected chi connectivity index (χ3v) is 4.47. The van der Waals surface area contributed by atoms with Gasteiger partial charge in [-0.3, -0.25) is 0 Å². The molecule has 0 bridgehead atoms. The topological polar surface area (TPSA) is 56.1 Å². The van der Waals surface area contributed by atoms with E-state index in [0.29, 0.717) is 24.2 Å². The molecule has 25 heavy (non-hydrogen) atoms. The summed E-state index contributed by atoms with van der Waals surface area (Å²) in [6.07, 6.45) is 5.54. The number of anilines is 1. The van der Waals surface area contributed by atoms with Crippen molar-refractivity contribution in [1.29, 1.82) is 0 Å². The van der Waals surface area contributed by atoms with E-state index in [-0.39, 0.29) is 0 Å². The zero-order chi connectivity index (χ0) is 17.2. The summed E-state index contributed by atoms with van der Waals surface area (Å²) in [4.78, 5) is 16.0. The van der Waals surface area contributed by atoms with Crippen LogP contribution in [-0.2, 0) is 11.8 Å². The van der Waals surface area contributed by atoms with Crippen LogP contribution in [0.1, 0.15) is 0 Å². The zero-order valence-corrected chi connectivity index (χ0v) is 14.6. The van der Waals surface area contributed by atoms with Gasteiger partial charge in [-0.1, -0.05) is 23.7 Å². The Labute approximate surface area is 151 Å². The Kier molecular flexibility index (Phi) is 4.38. The van der Waals surface area contributed by atoms with Crippen molar-refractivity contribution >= 4 is 17.5 Å². The fraction of sp³-hybridized carbons (Fsp3) is 0.278. The molecule has 7 heteroatoms. The van der Waals surface area contributed by atoms with E-state index in [1.807, 2.05) is 48.3 Å². The molecular formula is C18H18ClN5O. The van der Waals surface area contributed by atoms with Crippen LogP contribution in [0.4, 0.5) is 5.95 Å². The van der Waals surface area contributed by atoms with E-state index in [4.69, 9.17) is 21.3 Å². The van der Waals surface area contributed by atoms with Gasteiger partial charge >= 0.3 is 0 Å². The van der Waals surface area contributed by atoms with Crippen LogP contribution in [0.2, 0.25) is 5.02 Å². The van der Waals surface area contributed by atoms with E-state index in [2.05, 4.69) is 14.9 Å². The van der Waals surface area contributed by atoms with Gasteiger partial charge in [-0.25, -0.2) is 15.0 Å². The Hall–Kier alpha value is -2.44. The number of hydrogen-bond donors (Lipinski definition) is 0. The van der Waals surface area contributed by atoms with Gasteiger partial charge in [0.1, 0.15) is 5.69 Å². The Morgan fingerprint density at radius 3 is 2.72 bits per heavy atom. The number of aryl methyl sites for hydroxylation is 1. The first-order valence-electron chi connectivity index (χ1n) is 8.16. The maximum atomic E-state index is 6.17. The number of morpholine rings is 1. The highest BCUT2D eigenvalue weighted by molar-refractivity contribution is 6.30. The maximum absolute atomic E-state index is 6.17. The molecule has 3 aromatic rings. The van der Waals surface area contributed by atoms with Gasteiger partial charge in [0.15, 0.2) is 5.82 Å². The Morgan fingerprint density at radius 2 is 2.00 bits per heavy atom. The number of aromatic nitrogens is 4. The lowest BCUT2D eigenvalue weighted by Crippen LogP contribution is -2.37. The molecule has 6 nitrogen and oxygen atoms in total. The Bertz CT molecular complexity index is 889. The summed E-state index contributed by atoms with van der Waals surface area (Å²) in [5.41, 5.74) is 2.68. The predicted octanol–water partition coefficient (Wildman–Crippen LogP) is 3.03. The summed E-state index contributed by atoms with van der Waals surface area (Å²) in [6.45, 7) is 2.96. The summed E-state index contributed by atoms with van der Waals surface area (Å²) >= 11 is 6.17. The first-order chi connectivity index (χ1) is 12.2. The van der Waals surface area contributed by atoms with Crippen molar-refractivity contribution in [2.75, 3.05) is 31.2 Å². The highest BCUT2D eigenvalue weighted by Crippen LogP contribution is 2.31.